The zero-order chi connectivity index (χ0) is 31.5. The summed E-state index contributed by atoms with van der Waals surface area (Å²) in [4.78, 5) is 0. The minimum Gasteiger partial charge on any atom is -0.393 e. The van der Waals surface area contributed by atoms with E-state index in [0.717, 1.165) is 0 Å². The molecule has 0 aromatic carbocycles. The highest BCUT2D eigenvalue weighted by Gasteiger charge is 2.35. The Balaban J connectivity index is 5.35. The average Bonchev–Trinajstić information content (AvgIpc) is 2.86. The summed E-state index contributed by atoms with van der Waals surface area (Å²) < 4.78 is 17.0. The fourth-order valence-corrected chi connectivity index (χ4v) is 5.15. The van der Waals surface area contributed by atoms with Gasteiger partial charge < -0.3 is 73.6 Å². The smallest absolute Gasteiger partial charge is 0.205 e. The van der Waals surface area contributed by atoms with E-state index in [1.54, 1.807) is 21.1 Å². The lowest BCUT2D eigenvalue weighted by molar-refractivity contribution is -0.924. The lowest BCUT2D eigenvalue weighted by atomic mass is 10.2. The average molecular weight is 607 g/mol. The van der Waals surface area contributed by atoms with Crippen LogP contribution >= 0.6 is 0 Å². The first-order chi connectivity index (χ1) is 19.3. The Bertz CT molecular complexity index is 649. The molecular weight excluding hydrogens is 546 g/mol. The fraction of sp³-hybridized carbons (Fsp3) is 1.00. The summed E-state index contributed by atoms with van der Waals surface area (Å²) in [5, 5.41) is 89.6. The van der Waals surface area contributed by atoms with Gasteiger partial charge in [-0.15, -0.1) is 0 Å². The molecule has 0 fully saturated rings. The summed E-state index contributed by atoms with van der Waals surface area (Å²) in [6, 6.07) is 0. The minimum absolute atomic E-state index is 0.00298. The van der Waals surface area contributed by atoms with Crippen LogP contribution in [0.15, 0.2) is 0 Å². The summed E-state index contributed by atoms with van der Waals surface area (Å²) in [6.45, 7) is 2.46. The molecule has 0 radical (unpaired) electrons. The summed E-state index contributed by atoms with van der Waals surface area (Å²) >= 11 is 0. The second-order valence-corrected chi connectivity index (χ2v) is 11.7. The van der Waals surface area contributed by atoms with Crippen LogP contribution in [0, 0.1) is 0 Å². The van der Waals surface area contributed by atoms with E-state index in [4.69, 9.17) is 14.2 Å². The fourth-order valence-electron chi connectivity index (χ4n) is 5.15. The highest BCUT2D eigenvalue weighted by Crippen LogP contribution is 2.15. The van der Waals surface area contributed by atoms with Crippen LogP contribution in [0.2, 0.25) is 0 Å². The van der Waals surface area contributed by atoms with Crippen molar-refractivity contribution in [3.8, 4) is 0 Å². The second-order valence-electron chi connectivity index (χ2n) is 11.7. The number of likely N-dealkylation sites (N-methyl/N-ethyl adjacent to an activating group) is 3. The van der Waals surface area contributed by atoms with Gasteiger partial charge in [0.15, 0.2) is 0 Å². The van der Waals surface area contributed by atoms with E-state index in [0.29, 0.717) is 19.7 Å². The second kappa shape index (κ2) is 21.2. The van der Waals surface area contributed by atoms with Gasteiger partial charge in [0.2, 0.25) is 12.6 Å². The molecule has 248 valence electrons. The van der Waals surface area contributed by atoms with Crippen molar-refractivity contribution in [3.63, 3.8) is 0 Å². The number of rotatable bonds is 27. The lowest BCUT2D eigenvalue weighted by Crippen LogP contribution is -2.58. The molecule has 0 heterocycles. The SMILES string of the molecule is CCOCC(O)C[N+](C)(CCO)CC(O)OC(CO)C[N+](C)(CCO)CC(O)OC(CO)C[N+](C)(CCO)CCO. The van der Waals surface area contributed by atoms with Crippen LogP contribution < -0.4 is 0 Å². The van der Waals surface area contributed by atoms with Gasteiger partial charge in [0.05, 0.1) is 67.4 Å². The summed E-state index contributed by atoms with van der Waals surface area (Å²) in [5.74, 6) is 0. The topological polar surface area (TPSA) is 210 Å². The molecule has 0 rings (SSSR count). The number of hydrogen-bond donors (Lipinski definition) is 9. The van der Waals surface area contributed by atoms with Crippen LogP contribution in [0.5, 0.6) is 0 Å². The molecule has 0 spiro atoms. The quantitative estimate of drug-likeness (QED) is 0.0318. The summed E-state index contributed by atoms with van der Waals surface area (Å²) in [7, 11) is 5.28. The highest BCUT2D eigenvalue weighted by molar-refractivity contribution is 4.62. The molecule has 7 atom stereocenters. The Kier molecular flexibility index (Phi) is 20.8. The molecule has 0 aliphatic heterocycles. The van der Waals surface area contributed by atoms with Gasteiger partial charge >= 0.3 is 0 Å². The van der Waals surface area contributed by atoms with Gasteiger partial charge in [-0.1, -0.05) is 0 Å². The van der Waals surface area contributed by atoms with Crippen LogP contribution in [-0.4, -0.2) is 223 Å². The van der Waals surface area contributed by atoms with E-state index >= 15 is 0 Å². The van der Waals surface area contributed by atoms with E-state index in [1.807, 2.05) is 6.92 Å². The van der Waals surface area contributed by atoms with Gasteiger partial charge in [0.1, 0.15) is 77.2 Å². The van der Waals surface area contributed by atoms with Crippen molar-refractivity contribution in [1.29, 1.82) is 0 Å². The largest absolute Gasteiger partial charge is 0.393 e. The number of quaternary nitrogens is 3. The first-order valence-electron chi connectivity index (χ1n) is 14.4. The molecule has 15 nitrogen and oxygen atoms in total. The molecule has 0 amide bonds. The lowest BCUT2D eigenvalue weighted by Gasteiger charge is -2.40. The van der Waals surface area contributed by atoms with Crippen molar-refractivity contribution in [2.45, 2.75) is 37.8 Å². The van der Waals surface area contributed by atoms with Gasteiger partial charge in [-0.05, 0) is 6.92 Å². The molecule has 9 N–H and O–H groups in total. The summed E-state index contributed by atoms with van der Waals surface area (Å²) in [5.41, 5.74) is 0. The monoisotopic (exact) mass is 606 g/mol. The zero-order valence-electron chi connectivity index (χ0n) is 25.5. The van der Waals surface area contributed by atoms with Gasteiger partial charge in [-0.3, -0.25) is 0 Å². The molecule has 0 saturated heterocycles. The number of hydrogen-bond acceptors (Lipinski definition) is 12. The zero-order valence-corrected chi connectivity index (χ0v) is 25.5. The predicted octanol–water partition coefficient (Wildman–Crippen LogP) is -4.92. The Hall–Kier alpha value is -0.600. The Morgan fingerprint density at radius 3 is 1.27 bits per heavy atom. The molecule has 0 aliphatic carbocycles. The van der Waals surface area contributed by atoms with E-state index in [9.17, 15) is 46.0 Å². The van der Waals surface area contributed by atoms with Crippen molar-refractivity contribution in [2.24, 2.45) is 0 Å². The maximum atomic E-state index is 10.7. The molecule has 0 saturated carbocycles. The molecule has 15 heteroatoms. The third kappa shape index (κ3) is 17.3. The van der Waals surface area contributed by atoms with Crippen molar-refractivity contribution in [1.82, 2.24) is 0 Å². The molecule has 7 unspecified atom stereocenters. The van der Waals surface area contributed by atoms with Gasteiger partial charge in [-0.2, -0.15) is 0 Å². The van der Waals surface area contributed by atoms with Crippen LogP contribution in [0.3, 0.4) is 0 Å². The number of aliphatic hydroxyl groups excluding tert-OH is 9. The molecule has 0 bridgehead atoms. The van der Waals surface area contributed by atoms with E-state index in [2.05, 4.69) is 0 Å². The van der Waals surface area contributed by atoms with Gasteiger partial charge in [-0.25, -0.2) is 0 Å². The van der Waals surface area contributed by atoms with E-state index in [-0.39, 0.29) is 92.3 Å². The highest BCUT2D eigenvalue weighted by atomic mass is 16.6. The molecule has 41 heavy (non-hydrogen) atoms. The third-order valence-corrected chi connectivity index (χ3v) is 7.31. The molecular formula is C26H60N3O12+3. The number of ether oxygens (including phenoxy) is 3. The van der Waals surface area contributed by atoms with Crippen molar-refractivity contribution < 1.29 is 73.6 Å². The Morgan fingerprint density at radius 2 is 0.902 bits per heavy atom. The standard InChI is InChI=1S/C26H60N3O12/c1-5-39-21-22(36)14-28(3,8-12-32)17-25(37)41-24(20-35)16-29(4,9-13-33)18-26(38)40-23(19-34)15-27(2,6-10-30)7-11-31/h22-26,30-38H,5-21H2,1-4H3/q+3. The van der Waals surface area contributed by atoms with Crippen molar-refractivity contribution >= 4 is 0 Å². The molecule has 0 aromatic heterocycles. The van der Waals surface area contributed by atoms with Crippen LogP contribution in [0.4, 0.5) is 0 Å². The van der Waals surface area contributed by atoms with Crippen molar-refractivity contribution in [3.05, 3.63) is 0 Å². The van der Waals surface area contributed by atoms with Crippen molar-refractivity contribution in [2.75, 3.05) is 133 Å². The summed E-state index contributed by atoms with van der Waals surface area (Å²) in [6.07, 6.45) is -5.19. The van der Waals surface area contributed by atoms with Gasteiger partial charge in [0, 0.05) is 6.61 Å². The molecule has 0 aliphatic rings. The van der Waals surface area contributed by atoms with Crippen LogP contribution in [0.25, 0.3) is 0 Å². The maximum absolute atomic E-state index is 10.7. The molecule has 0 aromatic rings. The first kappa shape index (κ1) is 40.4. The number of nitrogens with zero attached hydrogens (tertiary/aromatic N) is 3. The Labute approximate surface area is 244 Å². The maximum Gasteiger partial charge on any atom is 0.205 e. The van der Waals surface area contributed by atoms with E-state index in [1.165, 1.54) is 0 Å². The number of aliphatic hydroxyl groups is 9. The van der Waals surface area contributed by atoms with E-state index < -0.39 is 44.1 Å². The van der Waals surface area contributed by atoms with Gasteiger partial charge in [0.25, 0.3) is 0 Å². The Morgan fingerprint density at radius 1 is 0.537 bits per heavy atom. The minimum atomic E-state index is -1.36. The first-order valence-corrected chi connectivity index (χ1v) is 14.4. The normalized spacial score (nSPS) is 19.2. The van der Waals surface area contributed by atoms with Crippen LogP contribution in [0.1, 0.15) is 6.92 Å². The predicted molar refractivity (Wildman–Crippen MR) is 149 cm³/mol. The third-order valence-electron chi connectivity index (χ3n) is 7.31. The van der Waals surface area contributed by atoms with Crippen LogP contribution in [-0.2, 0) is 14.2 Å².